The molecule has 0 unspecified atom stereocenters. The summed E-state index contributed by atoms with van der Waals surface area (Å²) in [7, 11) is 1.86. The van der Waals surface area contributed by atoms with Gasteiger partial charge in [-0.05, 0) is 31.2 Å². The first kappa shape index (κ1) is 18.7. The Labute approximate surface area is 169 Å². The first-order valence-electron chi connectivity index (χ1n) is 9.73. The van der Waals surface area contributed by atoms with Crippen molar-refractivity contribution >= 4 is 33.1 Å². The third kappa shape index (κ3) is 3.97. The van der Waals surface area contributed by atoms with Gasteiger partial charge in [0.2, 0.25) is 5.91 Å². The number of rotatable bonds is 6. The van der Waals surface area contributed by atoms with Crippen LogP contribution in [-0.4, -0.2) is 48.6 Å². The zero-order valence-corrected chi connectivity index (χ0v) is 17.1. The van der Waals surface area contributed by atoms with Gasteiger partial charge in [0.1, 0.15) is 11.9 Å². The first-order chi connectivity index (χ1) is 13.6. The number of fused-ring (bicyclic) bond motifs is 2. The Balaban J connectivity index is 1.34. The highest BCUT2D eigenvalue weighted by Crippen LogP contribution is 2.33. The zero-order chi connectivity index (χ0) is 19.5. The highest BCUT2D eigenvalue weighted by atomic mass is 32.1. The van der Waals surface area contributed by atoms with Gasteiger partial charge in [-0.2, -0.15) is 0 Å². The number of carbonyl (C=O) groups excluding carboxylic acids is 1. The largest absolute Gasteiger partial charge is 0.485 e. The summed E-state index contributed by atoms with van der Waals surface area (Å²) < 4.78 is 7.32. The molecule has 6 heteroatoms. The summed E-state index contributed by atoms with van der Waals surface area (Å²) >= 11 is 1.67. The molecule has 0 saturated heterocycles. The van der Waals surface area contributed by atoms with E-state index in [0.29, 0.717) is 19.4 Å². The molecule has 0 aliphatic carbocycles. The van der Waals surface area contributed by atoms with E-state index in [-0.39, 0.29) is 12.0 Å². The predicted octanol–water partition coefficient (Wildman–Crippen LogP) is 3.97. The molecule has 0 radical (unpaired) electrons. The number of benzene rings is 2. The number of hydrogen-bond donors (Lipinski definition) is 0. The number of amides is 1. The van der Waals surface area contributed by atoms with Crippen molar-refractivity contribution in [3.05, 3.63) is 53.5 Å². The number of carbonyl (C=O) groups is 1. The molecule has 4 rings (SSSR count). The summed E-state index contributed by atoms with van der Waals surface area (Å²) in [5, 5.41) is 1.02. The first-order valence-corrected chi connectivity index (χ1v) is 10.5. The molecule has 3 aromatic rings. The van der Waals surface area contributed by atoms with E-state index in [1.165, 1.54) is 4.70 Å². The molecular weight excluding hydrogens is 370 g/mol. The van der Waals surface area contributed by atoms with Crippen LogP contribution >= 0.6 is 11.3 Å². The van der Waals surface area contributed by atoms with E-state index in [1.807, 2.05) is 43.4 Å². The van der Waals surface area contributed by atoms with E-state index in [4.69, 9.17) is 4.74 Å². The molecule has 28 heavy (non-hydrogen) atoms. The second-order valence-electron chi connectivity index (χ2n) is 7.10. The van der Waals surface area contributed by atoms with Crippen molar-refractivity contribution in [2.24, 2.45) is 0 Å². The van der Waals surface area contributed by atoms with Gasteiger partial charge in [0.05, 0.1) is 34.0 Å². The van der Waals surface area contributed by atoms with Crippen molar-refractivity contribution < 1.29 is 9.53 Å². The Kier molecular flexibility index (Phi) is 5.48. The Hall–Kier alpha value is -2.60. The number of ether oxygens (including phenoxy) is 1. The molecule has 2 heterocycles. The van der Waals surface area contributed by atoms with Crippen LogP contribution in [0.2, 0.25) is 0 Å². The molecule has 2 aromatic carbocycles. The monoisotopic (exact) mass is 395 g/mol. The van der Waals surface area contributed by atoms with E-state index < -0.39 is 0 Å². The normalized spacial score (nSPS) is 15.9. The maximum Gasteiger partial charge on any atom is 0.222 e. The van der Waals surface area contributed by atoms with Crippen LogP contribution in [0.25, 0.3) is 10.2 Å². The average molecular weight is 396 g/mol. The highest BCUT2D eigenvalue weighted by Gasteiger charge is 2.26. The third-order valence-corrected chi connectivity index (χ3v) is 6.20. The van der Waals surface area contributed by atoms with Crippen LogP contribution in [0.4, 0.5) is 5.69 Å². The van der Waals surface area contributed by atoms with Crippen molar-refractivity contribution in [1.82, 2.24) is 9.88 Å². The van der Waals surface area contributed by atoms with Crippen molar-refractivity contribution in [3.63, 3.8) is 0 Å². The molecule has 0 N–H and O–H groups in total. The molecule has 1 aromatic heterocycles. The molecule has 0 fully saturated rings. The molecule has 1 aliphatic heterocycles. The Bertz CT molecular complexity index is 938. The van der Waals surface area contributed by atoms with Gasteiger partial charge < -0.3 is 14.5 Å². The van der Waals surface area contributed by atoms with E-state index in [2.05, 4.69) is 28.9 Å². The number of aromatic nitrogens is 1. The van der Waals surface area contributed by atoms with Crippen LogP contribution in [0.1, 0.15) is 18.4 Å². The molecule has 146 valence electrons. The topological polar surface area (TPSA) is 45.7 Å². The van der Waals surface area contributed by atoms with E-state index >= 15 is 0 Å². The minimum absolute atomic E-state index is 0.0220. The SMILES string of the molecule is CCN1C[C@H](CN(C)C(=O)CCc2nc3ccccc3s2)Oc2ccccc21. The fourth-order valence-corrected chi connectivity index (χ4v) is 4.58. The number of para-hydroxylation sites is 3. The van der Waals surface area contributed by atoms with Gasteiger partial charge in [0, 0.05) is 26.4 Å². The maximum absolute atomic E-state index is 12.6. The Morgan fingerprint density at radius 2 is 2.04 bits per heavy atom. The van der Waals surface area contributed by atoms with Crippen molar-refractivity contribution in [1.29, 1.82) is 0 Å². The van der Waals surface area contributed by atoms with Crippen molar-refractivity contribution in [2.45, 2.75) is 25.9 Å². The zero-order valence-electron chi connectivity index (χ0n) is 16.3. The minimum atomic E-state index is -0.0220. The van der Waals surface area contributed by atoms with E-state index in [9.17, 15) is 4.79 Å². The van der Waals surface area contributed by atoms with Gasteiger partial charge in [-0.15, -0.1) is 11.3 Å². The smallest absolute Gasteiger partial charge is 0.222 e. The van der Waals surface area contributed by atoms with Crippen LogP contribution in [0.3, 0.4) is 0 Å². The van der Waals surface area contributed by atoms with Gasteiger partial charge in [-0.3, -0.25) is 4.79 Å². The number of nitrogens with zero attached hydrogens (tertiary/aromatic N) is 3. The number of anilines is 1. The molecule has 0 saturated carbocycles. The highest BCUT2D eigenvalue weighted by molar-refractivity contribution is 7.18. The fraction of sp³-hybridized carbons (Fsp3) is 0.364. The summed E-state index contributed by atoms with van der Waals surface area (Å²) in [5.74, 6) is 1.03. The molecular formula is C22H25N3O2S. The lowest BCUT2D eigenvalue weighted by Gasteiger charge is -2.37. The van der Waals surface area contributed by atoms with Crippen molar-refractivity contribution in [2.75, 3.05) is 31.6 Å². The second-order valence-corrected chi connectivity index (χ2v) is 8.21. The van der Waals surface area contributed by atoms with Crippen LogP contribution in [0, 0.1) is 0 Å². The molecule has 5 nitrogen and oxygen atoms in total. The summed E-state index contributed by atoms with van der Waals surface area (Å²) in [6.45, 7) is 4.45. The Morgan fingerprint density at radius 3 is 2.86 bits per heavy atom. The summed E-state index contributed by atoms with van der Waals surface area (Å²) in [4.78, 5) is 21.4. The molecule has 0 bridgehead atoms. The Morgan fingerprint density at radius 1 is 1.25 bits per heavy atom. The minimum Gasteiger partial charge on any atom is -0.485 e. The lowest BCUT2D eigenvalue weighted by molar-refractivity contribution is -0.130. The third-order valence-electron chi connectivity index (χ3n) is 5.10. The summed E-state index contributed by atoms with van der Waals surface area (Å²) in [6.07, 6.45) is 1.13. The standard InChI is InChI=1S/C22H25N3O2S/c1-3-25-15-16(27-19-10-6-5-9-18(19)25)14-24(2)22(26)13-12-21-23-17-8-4-7-11-20(17)28-21/h4-11,16H,3,12-15H2,1-2H3/t16-/m0/s1. The van der Waals surface area contributed by atoms with Gasteiger partial charge >= 0.3 is 0 Å². The van der Waals surface area contributed by atoms with Crippen LogP contribution in [-0.2, 0) is 11.2 Å². The average Bonchev–Trinajstić information content (AvgIpc) is 3.14. The fourth-order valence-electron chi connectivity index (χ4n) is 3.61. The molecule has 1 aliphatic rings. The van der Waals surface area contributed by atoms with Gasteiger partial charge in [-0.25, -0.2) is 4.98 Å². The second kappa shape index (κ2) is 8.19. The number of hydrogen-bond acceptors (Lipinski definition) is 5. The summed E-state index contributed by atoms with van der Waals surface area (Å²) in [5.41, 5.74) is 2.14. The van der Waals surface area contributed by atoms with Crippen LogP contribution in [0.15, 0.2) is 48.5 Å². The maximum atomic E-state index is 12.6. The lowest BCUT2D eigenvalue weighted by atomic mass is 10.1. The van der Waals surface area contributed by atoms with Crippen LogP contribution in [0.5, 0.6) is 5.75 Å². The lowest BCUT2D eigenvalue weighted by Crippen LogP contribution is -2.46. The van der Waals surface area contributed by atoms with Gasteiger partial charge in [0.15, 0.2) is 0 Å². The molecule has 1 atom stereocenters. The molecule has 1 amide bonds. The predicted molar refractivity (Wildman–Crippen MR) is 114 cm³/mol. The van der Waals surface area contributed by atoms with E-state index in [1.54, 1.807) is 16.2 Å². The molecule has 0 spiro atoms. The van der Waals surface area contributed by atoms with E-state index in [0.717, 1.165) is 35.1 Å². The number of aryl methyl sites for hydroxylation is 1. The van der Waals surface area contributed by atoms with Gasteiger partial charge in [-0.1, -0.05) is 24.3 Å². The van der Waals surface area contributed by atoms with Crippen LogP contribution < -0.4 is 9.64 Å². The number of likely N-dealkylation sites (N-methyl/N-ethyl adjacent to an activating group) is 2. The summed E-state index contributed by atoms with van der Waals surface area (Å²) in [6, 6.07) is 16.2. The quantitative estimate of drug-likeness (QED) is 0.633. The van der Waals surface area contributed by atoms with Crippen molar-refractivity contribution in [3.8, 4) is 5.75 Å². The van der Waals surface area contributed by atoms with Gasteiger partial charge in [0.25, 0.3) is 0 Å². The number of thiazole rings is 1.